The first-order valence-electron chi connectivity index (χ1n) is 10.8. The fraction of sp³-hybridized carbons (Fsp3) is 0.292. The summed E-state index contributed by atoms with van der Waals surface area (Å²) in [6, 6.07) is 12.1. The van der Waals surface area contributed by atoms with Gasteiger partial charge in [-0.15, -0.1) is 11.3 Å². The maximum atomic E-state index is 12.7. The Kier molecular flexibility index (Phi) is 7.21. The third-order valence-electron chi connectivity index (χ3n) is 5.48. The molecule has 0 unspecified atom stereocenters. The smallest absolute Gasteiger partial charge is 0.251 e. The van der Waals surface area contributed by atoms with Crippen molar-refractivity contribution in [3.63, 3.8) is 0 Å². The third kappa shape index (κ3) is 5.50. The zero-order valence-corrected chi connectivity index (χ0v) is 19.1. The molecule has 2 aromatic carbocycles. The number of nitrogens with zero attached hydrogens (tertiary/aromatic N) is 2. The Morgan fingerprint density at radius 2 is 2.03 bits per heavy atom. The first-order valence-corrected chi connectivity index (χ1v) is 11.6. The average molecular weight is 467 g/mol. The van der Waals surface area contributed by atoms with Gasteiger partial charge in [0.25, 0.3) is 5.91 Å². The van der Waals surface area contributed by atoms with Gasteiger partial charge in [0.1, 0.15) is 5.75 Å². The van der Waals surface area contributed by atoms with Gasteiger partial charge in [0.15, 0.2) is 17.2 Å². The molecule has 0 radical (unpaired) electrons. The molecule has 0 atom stereocenters. The van der Waals surface area contributed by atoms with E-state index in [-0.39, 0.29) is 12.0 Å². The van der Waals surface area contributed by atoms with Crippen LogP contribution in [0.4, 0.5) is 10.8 Å². The summed E-state index contributed by atoms with van der Waals surface area (Å²) in [5.74, 6) is 0.759. The summed E-state index contributed by atoms with van der Waals surface area (Å²) in [7, 11) is 1.74. The van der Waals surface area contributed by atoms with Gasteiger partial charge < -0.3 is 25.4 Å². The van der Waals surface area contributed by atoms with E-state index in [0.29, 0.717) is 34.9 Å². The van der Waals surface area contributed by atoms with E-state index in [0.717, 1.165) is 42.2 Å². The largest absolute Gasteiger partial charge is 0.454 e. The number of piperidine rings is 1. The number of ether oxygens (including phenoxy) is 1. The van der Waals surface area contributed by atoms with Crippen LogP contribution in [0.5, 0.6) is 11.5 Å². The van der Waals surface area contributed by atoms with Crippen LogP contribution in [0.15, 0.2) is 48.7 Å². The summed E-state index contributed by atoms with van der Waals surface area (Å²) < 4.78 is 5.90. The molecular formula is C24H26N4O4S. The quantitative estimate of drug-likeness (QED) is 0.435. The first kappa shape index (κ1) is 22.8. The standard InChI is InChI=1S/C24H26N4O4S/c1-25-20-12-16(6-7-22(20)32-21-5-3-2-4-17(21)15-29)23(31)26-13-19-14-27-24(33-19)28-10-8-18(30)9-11-28/h2-7,12,14-15,18,25,30H,8-11,13H2,1H3,(H,26,31). The molecule has 2 heterocycles. The number of hydrogen-bond acceptors (Lipinski definition) is 8. The van der Waals surface area contributed by atoms with Crippen LogP contribution in [0.25, 0.3) is 0 Å². The van der Waals surface area contributed by atoms with E-state index >= 15 is 0 Å². The average Bonchev–Trinajstić information content (AvgIpc) is 3.32. The van der Waals surface area contributed by atoms with Crippen molar-refractivity contribution in [1.82, 2.24) is 10.3 Å². The normalized spacial score (nSPS) is 14.1. The monoisotopic (exact) mass is 466 g/mol. The van der Waals surface area contributed by atoms with E-state index in [1.165, 1.54) is 0 Å². The van der Waals surface area contributed by atoms with Crippen molar-refractivity contribution < 1.29 is 19.4 Å². The lowest BCUT2D eigenvalue weighted by atomic mass is 10.1. The van der Waals surface area contributed by atoms with E-state index in [2.05, 4.69) is 20.5 Å². The predicted molar refractivity (Wildman–Crippen MR) is 129 cm³/mol. The van der Waals surface area contributed by atoms with Crippen molar-refractivity contribution in [2.24, 2.45) is 0 Å². The van der Waals surface area contributed by atoms with E-state index in [4.69, 9.17) is 4.74 Å². The molecule has 3 aromatic rings. The highest BCUT2D eigenvalue weighted by Crippen LogP contribution is 2.32. The number of benzene rings is 2. The van der Waals surface area contributed by atoms with Gasteiger partial charge in [-0.1, -0.05) is 12.1 Å². The Labute approximate surface area is 196 Å². The summed E-state index contributed by atoms with van der Waals surface area (Å²) in [4.78, 5) is 31.6. The molecule has 9 heteroatoms. The molecule has 1 aromatic heterocycles. The van der Waals surface area contributed by atoms with Crippen LogP contribution in [0.3, 0.4) is 0 Å². The fourth-order valence-corrected chi connectivity index (χ4v) is 4.50. The van der Waals surface area contributed by atoms with Crippen molar-refractivity contribution in [3.8, 4) is 11.5 Å². The van der Waals surface area contributed by atoms with Gasteiger partial charge >= 0.3 is 0 Å². The van der Waals surface area contributed by atoms with E-state index in [1.807, 2.05) is 0 Å². The SMILES string of the molecule is CNc1cc(C(=O)NCc2cnc(N3CCC(O)CC3)s2)ccc1Oc1ccccc1C=O. The minimum absolute atomic E-state index is 0.206. The molecular weight excluding hydrogens is 440 g/mol. The highest BCUT2D eigenvalue weighted by molar-refractivity contribution is 7.15. The fourth-order valence-electron chi connectivity index (χ4n) is 3.60. The molecule has 1 aliphatic rings. The number of aliphatic hydroxyl groups excluding tert-OH is 1. The van der Waals surface area contributed by atoms with Crippen molar-refractivity contribution >= 4 is 34.3 Å². The predicted octanol–water partition coefficient (Wildman–Crippen LogP) is 3.68. The molecule has 8 nitrogen and oxygen atoms in total. The number of carbonyl (C=O) groups is 2. The second-order valence-electron chi connectivity index (χ2n) is 7.73. The lowest BCUT2D eigenvalue weighted by molar-refractivity contribution is 0.0951. The molecule has 4 rings (SSSR count). The number of aromatic nitrogens is 1. The summed E-state index contributed by atoms with van der Waals surface area (Å²) >= 11 is 1.55. The van der Waals surface area contributed by atoms with E-state index in [9.17, 15) is 14.7 Å². The van der Waals surface area contributed by atoms with Crippen LogP contribution in [0.2, 0.25) is 0 Å². The summed E-state index contributed by atoms with van der Waals surface area (Å²) in [5, 5.41) is 16.6. The van der Waals surface area contributed by atoms with Gasteiger partial charge in [0, 0.05) is 36.8 Å². The van der Waals surface area contributed by atoms with Gasteiger partial charge in [-0.3, -0.25) is 9.59 Å². The van der Waals surface area contributed by atoms with Crippen LogP contribution < -0.4 is 20.3 Å². The number of anilines is 2. The Morgan fingerprint density at radius 1 is 1.24 bits per heavy atom. The maximum Gasteiger partial charge on any atom is 0.251 e. The second kappa shape index (κ2) is 10.5. The lowest BCUT2D eigenvalue weighted by Crippen LogP contribution is -2.35. The van der Waals surface area contributed by atoms with E-state index < -0.39 is 0 Å². The Balaban J connectivity index is 1.39. The minimum Gasteiger partial charge on any atom is -0.454 e. The molecule has 0 bridgehead atoms. The number of hydrogen-bond donors (Lipinski definition) is 3. The minimum atomic E-state index is -0.223. The number of nitrogens with one attached hydrogen (secondary N) is 2. The van der Waals surface area contributed by atoms with Crippen molar-refractivity contribution in [1.29, 1.82) is 0 Å². The number of aldehydes is 1. The molecule has 0 saturated carbocycles. The van der Waals surface area contributed by atoms with Crippen LogP contribution in [0.1, 0.15) is 38.4 Å². The number of thiazole rings is 1. The van der Waals surface area contributed by atoms with Crippen LogP contribution in [-0.2, 0) is 6.54 Å². The summed E-state index contributed by atoms with van der Waals surface area (Å²) in [5.41, 5.74) is 1.58. The van der Waals surface area contributed by atoms with Crippen LogP contribution >= 0.6 is 11.3 Å². The number of aliphatic hydroxyl groups is 1. The zero-order valence-electron chi connectivity index (χ0n) is 18.3. The number of carbonyl (C=O) groups excluding carboxylic acids is 2. The molecule has 172 valence electrons. The summed E-state index contributed by atoms with van der Waals surface area (Å²) in [6.07, 6.45) is 3.81. The molecule has 1 saturated heterocycles. The lowest BCUT2D eigenvalue weighted by Gasteiger charge is -2.29. The van der Waals surface area contributed by atoms with Gasteiger partial charge in [-0.2, -0.15) is 0 Å². The van der Waals surface area contributed by atoms with Crippen molar-refractivity contribution in [2.75, 3.05) is 30.4 Å². The number of rotatable bonds is 8. The maximum absolute atomic E-state index is 12.7. The van der Waals surface area contributed by atoms with Gasteiger partial charge in [0.05, 0.1) is 23.9 Å². The number of amides is 1. The molecule has 0 spiro atoms. The van der Waals surface area contributed by atoms with Crippen LogP contribution in [0, 0.1) is 0 Å². The Morgan fingerprint density at radius 3 is 2.79 bits per heavy atom. The zero-order chi connectivity index (χ0) is 23.2. The van der Waals surface area contributed by atoms with Gasteiger partial charge in [0.2, 0.25) is 0 Å². The van der Waals surface area contributed by atoms with Gasteiger partial charge in [-0.25, -0.2) is 4.98 Å². The second-order valence-corrected chi connectivity index (χ2v) is 8.82. The van der Waals surface area contributed by atoms with Gasteiger partial charge in [-0.05, 0) is 43.2 Å². The Hall–Kier alpha value is -3.43. The molecule has 3 N–H and O–H groups in total. The van der Waals surface area contributed by atoms with Crippen molar-refractivity contribution in [2.45, 2.75) is 25.5 Å². The molecule has 33 heavy (non-hydrogen) atoms. The molecule has 0 aliphatic carbocycles. The topological polar surface area (TPSA) is 104 Å². The Bertz CT molecular complexity index is 1130. The summed E-state index contributed by atoms with van der Waals surface area (Å²) in [6.45, 7) is 1.96. The number of para-hydroxylation sites is 1. The van der Waals surface area contributed by atoms with Crippen LogP contribution in [-0.4, -0.2) is 48.5 Å². The highest BCUT2D eigenvalue weighted by atomic mass is 32.1. The van der Waals surface area contributed by atoms with E-state index in [1.54, 1.807) is 67.0 Å². The van der Waals surface area contributed by atoms with Crippen molar-refractivity contribution in [3.05, 3.63) is 64.7 Å². The highest BCUT2D eigenvalue weighted by Gasteiger charge is 2.20. The first-order chi connectivity index (χ1) is 16.1. The third-order valence-corrected chi connectivity index (χ3v) is 6.53. The molecule has 1 fully saturated rings. The molecule has 1 amide bonds. The molecule has 1 aliphatic heterocycles.